The number of amides is 2. The second kappa shape index (κ2) is 13.3. The van der Waals surface area contributed by atoms with Gasteiger partial charge in [-0.25, -0.2) is 8.42 Å². The lowest BCUT2D eigenvalue weighted by molar-refractivity contribution is -0.139. The maximum Gasteiger partial charge on any atom is 0.264 e. The third kappa shape index (κ3) is 7.48. The molecule has 0 aromatic heterocycles. The van der Waals surface area contributed by atoms with Gasteiger partial charge in [-0.3, -0.25) is 13.9 Å². The fraction of sp³-hybridized carbons (Fsp3) is 0.333. The Labute approximate surface area is 240 Å². The molecule has 0 fully saturated rings. The fourth-order valence-electron chi connectivity index (χ4n) is 4.07. The average molecular weight is 615 g/mol. The fourth-order valence-corrected chi connectivity index (χ4v) is 5.83. The smallest absolute Gasteiger partial charge is 0.264 e. The highest BCUT2D eigenvalue weighted by Crippen LogP contribution is 2.29. The standard InChI is InChI=1S/C30H36BrN3O4S/c1-6-22(3)32-30(36)24(5)33(19-25-15-17-26(31)18-16-25)29(35)20-34(28-14-10-11-21(2)23(28)4)39(37,38)27-12-8-7-9-13-27/h7-18,22,24H,6,19-20H2,1-5H3,(H,32,36)/t22-,24-/m1/s1. The Morgan fingerprint density at radius 2 is 1.56 bits per heavy atom. The van der Waals surface area contributed by atoms with E-state index in [1.165, 1.54) is 17.0 Å². The average Bonchev–Trinajstić information content (AvgIpc) is 2.92. The van der Waals surface area contributed by atoms with Gasteiger partial charge in [-0.1, -0.05) is 65.3 Å². The van der Waals surface area contributed by atoms with Gasteiger partial charge in [-0.05, 0) is 81.1 Å². The topological polar surface area (TPSA) is 86.8 Å². The van der Waals surface area contributed by atoms with Gasteiger partial charge in [0.05, 0.1) is 10.6 Å². The Morgan fingerprint density at radius 1 is 0.923 bits per heavy atom. The zero-order chi connectivity index (χ0) is 28.7. The molecule has 7 nitrogen and oxygen atoms in total. The Kier molecular flexibility index (Phi) is 10.3. The van der Waals surface area contributed by atoms with E-state index >= 15 is 0 Å². The van der Waals surface area contributed by atoms with Crippen molar-refractivity contribution in [3.63, 3.8) is 0 Å². The Morgan fingerprint density at radius 3 is 2.18 bits per heavy atom. The summed E-state index contributed by atoms with van der Waals surface area (Å²) in [5.41, 5.74) is 2.90. The van der Waals surface area contributed by atoms with Crippen LogP contribution in [-0.2, 0) is 26.2 Å². The first-order valence-corrected chi connectivity index (χ1v) is 15.2. The van der Waals surface area contributed by atoms with Crippen molar-refractivity contribution in [1.29, 1.82) is 0 Å². The Balaban J connectivity index is 2.05. The molecule has 208 valence electrons. The lowest BCUT2D eigenvalue weighted by Crippen LogP contribution is -2.52. The summed E-state index contributed by atoms with van der Waals surface area (Å²) < 4.78 is 29.9. The molecule has 0 spiro atoms. The van der Waals surface area contributed by atoms with Crippen molar-refractivity contribution in [3.05, 3.63) is 94.0 Å². The van der Waals surface area contributed by atoms with E-state index in [2.05, 4.69) is 21.2 Å². The van der Waals surface area contributed by atoms with Crippen LogP contribution in [0.15, 0.2) is 82.2 Å². The first-order chi connectivity index (χ1) is 18.4. The molecule has 0 aliphatic carbocycles. The molecule has 3 aromatic carbocycles. The Hall–Kier alpha value is -3.17. The summed E-state index contributed by atoms with van der Waals surface area (Å²) in [7, 11) is -4.09. The maximum absolute atomic E-state index is 14.0. The van der Waals surface area contributed by atoms with Gasteiger partial charge in [0.1, 0.15) is 12.6 Å². The first-order valence-electron chi connectivity index (χ1n) is 12.9. The lowest BCUT2D eigenvalue weighted by Gasteiger charge is -2.33. The lowest BCUT2D eigenvalue weighted by atomic mass is 10.1. The molecule has 9 heteroatoms. The molecule has 3 aromatic rings. The van der Waals surface area contributed by atoms with Crippen LogP contribution in [0.1, 0.15) is 43.9 Å². The number of rotatable bonds is 11. The third-order valence-corrected chi connectivity index (χ3v) is 9.19. The molecule has 0 bridgehead atoms. The quantitative estimate of drug-likeness (QED) is 0.305. The van der Waals surface area contributed by atoms with Crippen molar-refractivity contribution < 1.29 is 18.0 Å². The molecule has 3 rings (SSSR count). The van der Waals surface area contributed by atoms with Crippen molar-refractivity contribution in [3.8, 4) is 0 Å². The van der Waals surface area contributed by atoms with Crippen LogP contribution in [0.2, 0.25) is 0 Å². The van der Waals surface area contributed by atoms with Crippen LogP contribution in [0.5, 0.6) is 0 Å². The number of carbonyl (C=O) groups is 2. The number of anilines is 1. The molecule has 2 atom stereocenters. The van der Waals surface area contributed by atoms with Gasteiger partial charge in [0.15, 0.2) is 0 Å². The summed E-state index contributed by atoms with van der Waals surface area (Å²) in [6.07, 6.45) is 0.745. The third-order valence-electron chi connectivity index (χ3n) is 6.89. The number of hydrogen-bond acceptors (Lipinski definition) is 4. The van der Waals surface area contributed by atoms with Gasteiger partial charge in [-0.2, -0.15) is 0 Å². The van der Waals surface area contributed by atoms with Crippen LogP contribution in [0, 0.1) is 13.8 Å². The second-order valence-electron chi connectivity index (χ2n) is 9.69. The van der Waals surface area contributed by atoms with Crippen molar-refractivity contribution in [1.82, 2.24) is 10.2 Å². The van der Waals surface area contributed by atoms with Crippen molar-refractivity contribution >= 4 is 43.5 Å². The number of sulfonamides is 1. The summed E-state index contributed by atoms with van der Waals surface area (Å²) in [4.78, 5) is 28.7. The van der Waals surface area contributed by atoms with Crippen LogP contribution >= 0.6 is 15.9 Å². The van der Waals surface area contributed by atoms with Crippen LogP contribution in [0.4, 0.5) is 5.69 Å². The molecule has 0 aliphatic rings. The van der Waals surface area contributed by atoms with E-state index in [4.69, 9.17) is 0 Å². The second-order valence-corrected chi connectivity index (χ2v) is 12.5. The molecule has 1 N–H and O–H groups in total. The number of hydrogen-bond donors (Lipinski definition) is 1. The molecule has 0 unspecified atom stereocenters. The monoisotopic (exact) mass is 613 g/mol. The summed E-state index contributed by atoms with van der Waals surface area (Å²) in [5.74, 6) is -0.774. The van der Waals surface area contributed by atoms with Gasteiger partial charge in [0, 0.05) is 17.1 Å². The van der Waals surface area contributed by atoms with Gasteiger partial charge >= 0.3 is 0 Å². The zero-order valence-corrected chi connectivity index (χ0v) is 25.4. The zero-order valence-electron chi connectivity index (χ0n) is 23.0. The van der Waals surface area contributed by atoms with Gasteiger partial charge in [-0.15, -0.1) is 0 Å². The summed E-state index contributed by atoms with van der Waals surface area (Å²) in [6.45, 7) is 8.96. The van der Waals surface area contributed by atoms with E-state index in [0.717, 1.165) is 31.9 Å². The molecular weight excluding hydrogens is 578 g/mol. The minimum Gasteiger partial charge on any atom is -0.352 e. The van der Waals surface area contributed by atoms with E-state index in [-0.39, 0.29) is 23.4 Å². The number of carbonyl (C=O) groups excluding carboxylic acids is 2. The molecule has 39 heavy (non-hydrogen) atoms. The van der Waals surface area contributed by atoms with Crippen LogP contribution in [0.25, 0.3) is 0 Å². The van der Waals surface area contributed by atoms with Gasteiger partial charge in [0.2, 0.25) is 11.8 Å². The molecule has 2 amide bonds. The van der Waals surface area contributed by atoms with E-state index in [9.17, 15) is 18.0 Å². The van der Waals surface area contributed by atoms with Crippen LogP contribution < -0.4 is 9.62 Å². The normalized spacial score (nSPS) is 12.9. The van der Waals surface area contributed by atoms with Crippen molar-refractivity contribution in [2.75, 3.05) is 10.8 Å². The van der Waals surface area contributed by atoms with Crippen LogP contribution in [-0.4, -0.2) is 43.8 Å². The molecule has 0 saturated heterocycles. The molecule has 0 aliphatic heterocycles. The minimum atomic E-state index is -4.09. The van der Waals surface area contributed by atoms with E-state index < -0.39 is 28.5 Å². The molecular formula is C30H36BrN3O4S. The predicted octanol–water partition coefficient (Wildman–Crippen LogP) is 5.59. The summed E-state index contributed by atoms with van der Waals surface area (Å²) in [6, 6.07) is 20.0. The molecule has 0 heterocycles. The van der Waals surface area contributed by atoms with Gasteiger partial charge < -0.3 is 10.2 Å². The number of halogens is 1. The predicted molar refractivity (Wildman–Crippen MR) is 159 cm³/mol. The first kappa shape index (κ1) is 30.4. The summed E-state index contributed by atoms with van der Waals surface area (Å²) >= 11 is 3.42. The largest absolute Gasteiger partial charge is 0.352 e. The van der Waals surface area contributed by atoms with E-state index in [1.54, 1.807) is 37.3 Å². The Bertz CT molecular complexity index is 1400. The maximum atomic E-state index is 14.0. The van der Waals surface area contributed by atoms with Crippen molar-refractivity contribution in [2.24, 2.45) is 0 Å². The highest BCUT2D eigenvalue weighted by atomic mass is 79.9. The highest BCUT2D eigenvalue weighted by Gasteiger charge is 2.33. The number of aryl methyl sites for hydroxylation is 1. The number of nitrogens with one attached hydrogen (secondary N) is 1. The van der Waals surface area contributed by atoms with Gasteiger partial charge in [0.25, 0.3) is 10.0 Å². The van der Waals surface area contributed by atoms with E-state index in [0.29, 0.717) is 5.69 Å². The summed E-state index contributed by atoms with van der Waals surface area (Å²) in [5, 5.41) is 2.95. The minimum absolute atomic E-state index is 0.0607. The highest BCUT2D eigenvalue weighted by molar-refractivity contribution is 9.10. The SMILES string of the molecule is CC[C@@H](C)NC(=O)[C@@H](C)N(Cc1ccc(Br)cc1)C(=O)CN(c1cccc(C)c1C)S(=O)(=O)c1ccccc1. The number of benzene rings is 3. The molecule has 0 saturated carbocycles. The van der Waals surface area contributed by atoms with Crippen molar-refractivity contribution in [2.45, 2.75) is 64.6 Å². The number of nitrogens with zero attached hydrogens (tertiary/aromatic N) is 2. The van der Waals surface area contributed by atoms with E-state index in [1.807, 2.05) is 58.0 Å². The molecule has 0 radical (unpaired) electrons. The van der Waals surface area contributed by atoms with Crippen LogP contribution in [0.3, 0.4) is 0 Å².